The predicted octanol–water partition coefficient (Wildman–Crippen LogP) is 6.13. The topological polar surface area (TPSA) is 0 Å². The van der Waals surface area contributed by atoms with Crippen molar-refractivity contribution in [2.24, 2.45) is 0 Å². The molecule has 0 saturated heterocycles. The first-order chi connectivity index (χ1) is 9.04. The largest absolute Gasteiger partial charge is 0.207 e. The number of aryl methyl sites for hydroxylation is 1. The minimum atomic E-state index is -0.540. The second-order valence-electron chi connectivity index (χ2n) is 4.20. The minimum absolute atomic E-state index is 0.359. The first-order valence-electron chi connectivity index (χ1n) is 5.91. The maximum absolute atomic E-state index is 14.0. The summed E-state index contributed by atoms with van der Waals surface area (Å²) in [5, 5.41) is -0.0854. The predicted molar refractivity (Wildman–Crippen MR) is 82.6 cm³/mol. The van der Waals surface area contributed by atoms with Crippen molar-refractivity contribution in [1.82, 2.24) is 0 Å². The Balaban J connectivity index is 2.50. The summed E-state index contributed by atoms with van der Waals surface area (Å²) in [5.74, 6) is -0.359. The van der Waals surface area contributed by atoms with Crippen molar-refractivity contribution in [2.75, 3.05) is 0 Å². The van der Waals surface area contributed by atoms with Crippen LogP contribution in [-0.2, 0) is 6.42 Å². The summed E-state index contributed by atoms with van der Waals surface area (Å²) in [4.78, 5) is 0. The Morgan fingerprint density at radius 1 is 1.21 bits per heavy atom. The number of benzene rings is 2. The summed E-state index contributed by atoms with van der Waals surface area (Å²) >= 11 is 15.6. The molecule has 2 aromatic rings. The maximum Gasteiger partial charge on any atom is 0.129 e. The molecule has 2 rings (SSSR count). The molecule has 1 unspecified atom stereocenters. The van der Waals surface area contributed by atoms with Crippen LogP contribution in [0, 0.1) is 5.82 Å². The van der Waals surface area contributed by atoms with Crippen LogP contribution in [0.4, 0.5) is 4.39 Å². The number of alkyl halides is 1. The van der Waals surface area contributed by atoms with Crippen LogP contribution in [-0.4, -0.2) is 0 Å². The van der Waals surface area contributed by atoms with Gasteiger partial charge in [-0.2, -0.15) is 0 Å². The number of halogens is 4. The molecule has 0 heterocycles. The van der Waals surface area contributed by atoms with Crippen LogP contribution >= 0.6 is 39.1 Å². The zero-order valence-corrected chi connectivity index (χ0v) is 13.4. The van der Waals surface area contributed by atoms with Crippen LogP contribution in [0.25, 0.3) is 0 Å². The molecule has 0 aliphatic carbocycles. The number of rotatable bonds is 3. The van der Waals surface area contributed by atoms with Crippen molar-refractivity contribution >= 4 is 39.1 Å². The van der Waals surface area contributed by atoms with Crippen molar-refractivity contribution in [3.8, 4) is 0 Å². The van der Waals surface area contributed by atoms with E-state index in [2.05, 4.69) is 15.9 Å². The first kappa shape index (κ1) is 14.8. The second kappa shape index (κ2) is 6.25. The van der Waals surface area contributed by atoms with Gasteiger partial charge in [0.25, 0.3) is 0 Å². The lowest BCUT2D eigenvalue weighted by atomic mass is 9.97. The smallest absolute Gasteiger partial charge is 0.129 e. The summed E-state index contributed by atoms with van der Waals surface area (Å²) < 4.78 is 14.6. The molecular weight excluding hydrogens is 350 g/mol. The van der Waals surface area contributed by atoms with Crippen LogP contribution in [0.5, 0.6) is 0 Å². The molecule has 0 aliphatic rings. The van der Waals surface area contributed by atoms with Crippen molar-refractivity contribution in [3.63, 3.8) is 0 Å². The Kier molecular flexibility index (Phi) is 4.88. The molecule has 0 spiro atoms. The van der Waals surface area contributed by atoms with E-state index in [1.54, 1.807) is 6.07 Å². The summed E-state index contributed by atoms with van der Waals surface area (Å²) in [5.41, 5.74) is 2.43. The van der Waals surface area contributed by atoms with Crippen LogP contribution in [0.15, 0.2) is 40.9 Å². The molecule has 0 amide bonds. The van der Waals surface area contributed by atoms with Crippen LogP contribution in [0.1, 0.15) is 29.0 Å². The Labute approximate surface area is 130 Å². The maximum atomic E-state index is 14.0. The van der Waals surface area contributed by atoms with Crippen molar-refractivity contribution in [2.45, 2.75) is 18.7 Å². The third-order valence-corrected chi connectivity index (χ3v) is 4.69. The highest BCUT2D eigenvalue weighted by molar-refractivity contribution is 9.10. The SMILES string of the molecule is CCc1ccccc1C(Cl)c1cc(Cl)c(Br)cc1F. The van der Waals surface area contributed by atoms with Crippen LogP contribution in [0.2, 0.25) is 5.02 Å². The fourth-order valence-corrected chi connectivity index (χ4v) is 2.87. The van der Waals surface area contributed by atoms with Gasteiger partial charge in [0, 0.05) is 10.0 Å². The Morgan fingerprint density at radius 3 is 2.58 bits per heavy atom. The standard InChI is InChI=1S/C15H12BrCl2F/c1-2-9-5-3-4-6-10(9)15(18)11-7-13(17)12(16)8-14(11)19/h3-8,15H,2H2,1H3. The average Bonchev–Trinajstić information content (AvgIpc) is 2.42. The van der Waals surface area contributed by atoms with Gasteiger partial charge in [0.05, 0.1) is 10.4 Å². The van der Waals surface area contributed by atoms with Gasteiger partial charge in [-0.25, -0.2) is 4.39 Å². The fraction of sp³-hybridized carbons (Fsp3) is 0.200. The monoisotopic (exact) mass is 360 g/mol. The molecule has 0 radical (unpaired) electrons. The quantitative estimate of drug-likeness (QED) is 0.455. The molecule has 0 fully saturated rings. The summed E-state index contributed by atoms with van der Waals surface area (Å²) in [6.07, 6.45) is 0.852. The molecule has 100 valence electrons. The van der Waals surface area contributed by atoms with Gasteiger partial charge >= 0.3 is 0 Å². The normalized spacial score (nSPS) is 12.5. The van der Waals surface area contributed by atoms with E-state index in [-0.39, 0.29) is 5.82 Å². The van der Waals surface area contributed by atoms with E-state index in [1.165, 1.54) is 6.07 Å². The summed E-state index contributed by atoms with van der Waals surface area (Å²) in [7, 11) is 0. The molecule has 0 N–H and O–H groups in total. The van der Waals surface area contributed by atoms with Crippen molar-refractivity contribution in [3.05, 3.63) is 68.4 Å². The highest BCUT2D eigenvalue weighted by Gasteiger charge is 2.19. The zero-order chi connectivity index (χ0) is 14.0. The van der Waals surface area contributed by atoms with Gasteiger partial charge in [-0.15, -0.1) is 11.6 Å². The van der Waals surface area contributed by atoms with Gasteiger partial charge in [0.2, 0.25) is 0 Å². The lowest BCUT2D eigenvalue weighted by Gasteiger charge is -2.16. The van der Waals surface area contributed by atoms with E-state index in [9.17, 15) is 4.39 Å². The second-order valence-corrected chi connectivity index (χ2v) is 5.90. The highest BCUT2D eigenvalue weighted by Crippen LogP contribution is 2.36. The van der Waals surface area contributed by atoms with E-state index < -0.39 is 5.38 Å². The molecule has 0 bridgehead atoms. The molecule has 19 heavy (non-hydrogen) atoms. The van der Waals surface area contributed by atoms with Crippen molar-refractivity contribution in [1.29, 1.82) is 0 Å². The van der Waals surface area contributed by atoms with E-state index in [0.717, 1.165) is 17.5 Å². The summed E-state index contributed by atoms with van der Waals surface area (Å²) in [6, 6.07) is 10.7. The van der Waals surface area contributed by atoms with Gasteiger partial charge in [-0.1, -0.05) is 42.8 Å². The third-order valence-electron chi connectivity index (χ3n) is 3.02. The lowest BCUT2D eigenvalue weighted by Crippen LogP contribution is -2.01. The molecule has 0 aromatic heterocycles. The molecule has 0 nitrogen and oxygen atoms in total. The average molecular weight is 362 g/mol. The van der Waals surface area contributed by atoms with E-state index in [4.69, 9.17) is 23.2 Å². The molecule has 1 atom stereocenters. The van der Waals surface area contributed by atoms with Crippen LogP contribution in [0.3, 0.4) is 0 Å². The number of hydrogen-bond acceptors (Lipinski definition) is 0. The third kappa shape index (κ3) is 3.13. The molecule has 0 saturated carbocycles. The zero-order valence-electron chi connectivity index (χ0n) is 10.3. The van der Waals surface area contributed by atoms with E-state index in [0.29, 0.717) is 15.1 Å². The molecular formula is C15H12BrCl2F. The number of hydrogen-bond donors (Lipinski definition) is 0. The Hall–Kier alpha value is -0.570. The van der Waals surface area contributed by atoms with Gasteiger partial charge in [-0.3, -0.25) is 0 Å². The first-order valence-corrected chi connectivity index (χ1v) is 7.51. The highest BCUT2D eigenvalue weighted by atomic mass is 79.9. The Morgan fingerprint density at radius 2 is 1.89 bits per heavy atom. The van der Waals surface area contributed by atoms with E-state index in [1.807, 2.05) is 31.2 Å². The molecule has 4 heteroatoms. The van der Waals surface area contributed by atoms with Gasteiger partial charge < -0.3 is 0 Å². The van der Waals surface area contributed by atoms with Crippen molar-refractivity contribution < 1.29 is 4.39 Å². The fourth-order valence-electron chi connectivity index (χ4n) is 2.00. The lowest BCUT2D eigenvalue weighted by molar-refractivity contribution is 0.611. The molecule has 0 aliphatic heterocycles. The van der Waals surface area contributed by atoms with Gasteiger partial charge in [0.15, 0.2) is 0 Å². The summed E-state index contributed by atoms with van der Waals surface area (Å²) in [6.45, 7) is 2.05. The van der Waals surface area contributed by atoms with E-state index >= 15 is 0 Å². The van der Waals surface area contributed by atoms with Gasteiger partial charge in [0.1, 0.15) is 5.82 Å². The Bertz CT molecular complexity index is 599. The minimum Gasteiger partial charge on any atom is -0.207 e. The molecule has 2 aromatic carbocycles. The van der Waals surface area contributed by atoms with Crippen LogP contribution < -0.4 is 0 Å². The van der Waals surface area contributed by atoms with Gasteiger partial charge in [-0.05, 0) is 45.6 Å².